The summed E-state index contributed by atoms with van der Waals surface area (Å²) in [5.74, 6) is -7.53. The maximum Gasteiger partial charge on any atom is 0.312 e. The van der Waals surface area contributed by atoms with Crippen molar-refractivity contribution in [3.05, 3.63) is 11.6 Å². The van der Waals surface area contributed by atoms with Gasteiger partial charge in [-0.1, -0.05) is 19.9 Å². The van der Waals surface area contributed by atoms with Crippen molar-refractivity contribution < 1.29 is 48.0 Å². The number of allylic oxidation sites excluding steroid dienone is 1. The van der Waals surface area contributed by atoms with Crippen molar-refractivity contribution in [2.45, 2.75) is 107 Å². The first-order chi connectivity index (χ1) is 18.1. The van der Waals surface area contributed by atoms with Gasteiger partial charge in [0.25, 0.3) is 0 Å². The highest BCUT2D eigenvalue weighted by atomic mass is 16.7. The molecule has 7 fully saturated rings. The van der Waals surface area contributed by atoms with Crippen LogP contribution in [0.2, 0.25) is 0 Å². The van der Waals surface area contributed by atoms with E-state index in [9.17, 15) is 24.3 Å². The normalized spacial score (nSPS) is 57.9. The van der Waals surface area contributed by atoms with Crippen LogP contribution in [-0.4, -0.2) is 69.2 Å². The van der Waals surface area contributed by atoms with Gasteiger partial charge in [0, 0.05) is 41.1 Å². The van der Waals surface area contributed by atoms with Gasteiger partial charge in [-0.25, -0.2) is 0 Å². The van der Waals surface area contributed by atoms with Gasteiger partial charge >= 0.3 is 11.9 Å². The lowest BCUT2D eigenvalue weighted by Gasteiger charge is -2.49. The Hall–Kier alpha value is -2.14. The molecule has 210 valence electrons. The zero-order valence-corrected chi connectivity index (χ0v) is 22.8. The minimum absolute atomic E-state index is 0.00924. The Labute approximate surface area is 225 Å². The summed E-state index contributed by atoms with van der Waals surface area (Å²) < 4.78 is 31.6. The number of carbonyl (C=O) groups excluding carboxylic acids is 4. The van der Waals surface area contributed by atoms with E-state index in [-0.39, 0.29) is 24.4 Å². The summed E-state index contributed by atoms with van der Waals surface area (Å²) in [5.41, 5.74) is -4.05. The van der Waals surface area contributed by atoms with Crippen LogP contribution in [0.1, 0.15) is 66.7 Å². The molecule has 1 N–H and O–H groups in total. The number of esters is 2. The van der Waals surface area contributed by atoms with Crippen LogP contribution in [0.5, 0.6) is 0 Å². The molecule has 10 nitrogen and oxygen atoms in total. The molecule has 10 heteroatoms. The van der Waals surface area contributed by atoms with Crippen LogP contribution < -0.4 is 0 Å². The summed E-state index contributed by atoms with van der Waals surface area (Å²) in [7, 11) is 0. The zero-order chi connectivity index (χ0) is 27.7. The molecule has 8 rings (SSSR count). The number of hydrogen-bond donors (Lipinski definition) is 1. The summed E-state index contributed by atoms with van der Waals surface area (Å²) in [4.78, 5) is 54.0. The van der Waals surface area contributed by atoms with E-state index in [1.54, 1.807) is 6.92 Å². The fourth-order valence-electron chi connectivity index (χ4n) is 10.3. The van der Waals surface area contributed by atoms with Crippen LogP contribution in [-0.2, 0) is 42.9 Å². The Morgan fingerprint density at radius 2 is 1.72 bits per heavy atom. The van der Waals surface area contributed by atoms with E-state index in [0.29, 0.717) is 24.8 Å². The van der Waals surface area contributed by atoms with Gasteiger partial charge in [-0.3, -0.25) is 19.2 Å². The van der Waals surface area contributed by atoms with Crippen molar-refractivity contribution in [2.24, 2.45) is 35.0 Å². The fraction of sp³-hybridized carbons (Fsp3) is 0.793. The molecular weight excluding hydrogens is 508 g/mol. The first kappa shape index (κ1) is 24.6. The highest BCUT2D eigenvalue weighted by Gasteiger charge is 2.83. The van der Waals surface area contributed by atoms with Crippen molar-refractivity contribution in [1.82, 2.24) is 0 Å². The van der Waals surface area contributed by atoms with E-state index in [0.717, 1.165) is 0 Å². The summed E-state index contributed by atoms with van der Waals surface area (Å²) in [6.07, 6.45) is 1.22. The third-order valence-electron chi connectivity index (χ3n) is 11.9. The van der Waals surface area contributed by atoms with E-state index in [4.69, 9.17) is 23.7 Å². The Morgan fingerprint density at radius 1 is 0.974 bits per heavy atom. The van der Waals surface area contributed by atoms with Crippen molar-refractivity contribution in [3.63, 3.8) is 0 Å². The highest BCUT2D eigenvalue weighted by Crippen LogP contribution is 2.71. The Kier molecular flexibility index (Phi) is 4.21. The average Bonchev–Trinajstić information content (AvgIpc) is 3.38. The average molecular weight is 543 g/mol. The lowest BCUT2D eigenvalue weighted by molar-refractivity contribution is -0.333. The summed E-state index contributed by atoms with van der Waals surface area (Å²) >= 11 is 0. The van der Waals surface area contributed by atoms with E-state index in [1.807, 2.05) is 33.8 Å². The Bertz CT molecular complexity index is 1320. The molecule has 0 aromatic heterocycles. The summed E-state index contributed by atoms with van der Waals surface area (Å²) in [6.45, 7) is 9.17. The van der Waals surface area contributed by atoms with Gasteiger partial charge in [0.1, 0.15) is 30.0 Å². The number of carbonyl (C=O) groups is 4. The SMILES string of the molecule is C[C@@H]1C(=O)O[C@H]2[C@@H]1O[C@]13O[C@@]4(CC[C@]5(C)C(=O)[C@@H](C)[C@H]2[C@H]15)C[C@]12OC(=O)C[C@@]1(O)OC(C)(C)[C@@H]2CC=C4C3=O. The molecule has 0 unspecified atom stereocenters. The largest absolute Gasteiger partial charge is 0.459 e. The number of hydrogen-bond acceptors (Lipinski definition) is 10. The van der Waals surface area contributed by atoms with Crippen LogP contribution in [0.25, 0.3) is 0 Å². The number of fused-ring (bicyclic) bond motifs is 2. The molecule has 2 aliphatic carbocycles. The van der Waals surface area contributed by atoms with Gasteiger partial charge < -0.3 is 28.8 Å². The molecule has 3 spiro atoms. The van der Waals surface area contributed by atoms with Gasteiger partial charge in [-0.15, -0.1) is 0 Å². The molecule has 12 atom stereocenters. The number of rotatable bonds is 0. The number of ether oxygens (including phenoxy) is 5. The van der Waals surface area contributed by atoms with Crippen LogP contribution in [0.15, 0.2) is 11.6 Å². The first-order valence-electron chi connectivity index (χ1n) is 14.2. The van der Waals surface area contributed by atoms with Gasteiger partial charge in [0.2, 0.25) is 17.4 Å². The number of ketones is 2. The lowest BCUT2D eigenvalue weighted by atomic mass is 9.62. The second-order valence-electron chi connectivity index (χ2n) is 14.1. The minimum atomic E-state index is -1.88. The lowest BCUT2D eigenvalue weighted by Crippen LogP contribution is -2.63. The van der Waals surface area contributed by atoms with E-state index in [1.165, 1.54) is 0 Å². The third kappa shape index (κ3) is 2.44. The number of aliphatic hydroxyl groups is 1. The topological polar surface area (TPSA) is 135 Å². The smallest absolute Gasteiger partial charge is 0.312 e. The van der Waals surface area contributed by atoms with Crippen LogP contribution in [0.4, 0.5) is 0 Å². The van der Waals surface area contributed by atoms with Crippen LogP contribution in [0, 0.1) is 35.0 Å². The van der Waals surface area contributed by atoms with Crippen molar-refractivity contribution in [3.8, 4) is 0 Å². The van der Waals surface area contributed by atoms with Gasteiger partial charge in [-0.05, 0) is 40.0 Å². The molecule has 6 heterocycles. The van der Waals surface area contributed by atoms with Crippen LogP contribution in [0.3, 0.4) is 0 Å². The Balaban J connectivity index is 1.33. The van der Waals surface area contributed by atoms with E-state index < -0.39 is 87.5 Å². The van der Waals surface area contributed by atoms with Crippen molar-refractivity contribution in [2.75, 3.05) is 0 Å². The molecule has 6 saturated heterocycles. The van der Waals surface area contributed by atoms with E-state index in [2.05, 4.69) is 0 Å². The monoisotopic (exact) mass is 542 g/mol. The fourth-order valence-corrected chi connectivity index (χ4v) is 10.3. The molecule has 0 radical (unpaired) electrons. The zero-order valence-electron chi connectivity index (χ0n) is 22.8. The van der Waals surface area contributed by atoms with Gasteiger partial charge in [-0.2, -0.15) is 0 Å². The highest BCUT2D eigenvalue weighted by molar-refractivity contribution is 6.07. The maximum absolute atomic E-state index is 14.7. The molecule has 0 aromatic rings. The minimum Gasteiger partial charge on any atom is -0.459 e. The van der Waals surface area contributed by atoms with Crippen molar-refractivity contribution in [1.29, 1.82) is 0 Å². The van der Waals surface area contributed by atoms with Gasteiger partial charge in [0.15, 0.2) is 5.60 Å². The molecule has 1 saturated carbocycles. The second-order valence-corrected chi connectivity index (χ2v) is 14.1. The summed E-state index contributed by atoms with van der Waals surface area (Å²) in [5, 5.41) is 11.8. The molecule has 39 heavy (non-hydrogen) atoms. The molecule has 2 bridgehead atoms. The molecule has 8 aliphatic rings. The van der Waals surface area contributed by atoms with Crippen molar-refractivity contribution >= 4 is 23.5 Å². The predicted molar refractivity (Wildman–Crippen MR) is 128 cm³/mol. The molecule has 6 aliphatic heterocycles. The third-order valence-corrected chi connectivity index (χ3v) is 11.9. The molecular formula is C29H34O10. The molecule has 0 amide bonds. The molecule has 0 aromatic carbocycles. The number of Topliss-reactive ketones (excluding diaryl/α,β-unsaturated/α-hetero) is 2. The second kappa shape index (κ2) is 6.66. The van der Waals surface area contributed by atoms with Gasteiger partial charge in [0.05, 0.1) is 11.5 Å². The van der Waals surface area contributed by atoms with Crippen LogP contribution >= 0.6 is 0 Å². The quantitative estimate of drug-likeness (QED) is 0.451. The Morgan fingerprint density at radius 3 is 2.46 bits per heavy atom. The maximum atomic E-state index is 14.7. The first-order valence-corrected chi connectivity index (χ1v) is 14.2. The summed E-state index contributed by atoms with van der Waals surface area (Å²) in [6, 6.07) is 0. The predicted octanol–water partition coefficient (Wildman–Crippen LogP) is 1.75. The van der Waals surface area contributed by atoms with E-state index >= 15 is 0 Å². The standard InChI is InChI=1S/C29H34O10/c1-12-17-19-18(13(2)23(33)35-19)37-29-20(17)25(5,21(12)31)8-9-26(39-29)11-27-15(7-6-14(26)22(29)32)24(3,4)38-28(27,34)10-16(30)36-27/h6,12-13,15,17-20,34H,7-11H2,1-5H3/t12-,13-,15-,17+,18+,19+,20-,25-,26-,27+,28+,29-/m0/s1.